The summed E-state index contributed by atoms with van der Waals surface area (Å²) in [6, 6.07) is 9.03. The molecule has 1 aromatic heterocycles. The number of nitrogens with one attached hydrogen (secondary N) is 1. The maximum Gasteiger partial charge on any atom is 0.251 e. The molecular formula is C23H29N3O6. The number of fused-ring (bicyclic) bond motifs is 1. The van der Waals surface area contributed by atoms with Crippen molar-refractivity contribution in [1.29, 1.82) is 0 Å². The second-order valence-corrected chi connectivity index (χ2v) is 6.75. The molecule has 0 aliphatic heterocycles. The molecule has 172 valence electrons. The van der Waals surface area contributed by atoms with E-state index in [-0.39, 0.29) is 12.5 Å². The minimum absolute atomic E-state index is 0.223. The Morgan fingerprint density at radius 2 is 1.66 bits per heavy atom. The minimum Gasteiger partial charge on any atom is -0.493 e. The van der Waals surface area contributed by atoms with Crippen molar-refractivity contribution in [2.45, 2.75) is 20.1 Å². The highest BCUT2D eigenvalue weighted by atomic mass is 16.7. The van der Waals surface area contributed by atoms with Crippen molar-refractivity contribution in [1.82, 2.24) is 14.9 Å². The van der Waals surface area contributed by atoms with Crippen molar-refractivity contribution in [3.63, 3.8) is 0 Å². The van der Waals surface area contributed by atoms with Gasteiger partial charge in [-0.2, -0.15) is 0 Å². The summed E-state index contributed by atoms with van der Waals surface area (Å²) < 4.78 is 29.1. The van der Waals surface area contributed by atoms with Gasteiger partial charge in [-0.05, 0) is 32.0 Å². The number of hydrogen-bond donors (Lipinski definition) is 1. The lowest BCUT2D eigenvalue weighted by Crippen LogP contribution is -2.35. The van der Waals surface area contributed by atoms with E-state index in [1.54, 1.807) is 39.8 Å². The Balaban J connectivity index is 1.86. The van der Waals surface area contributed by atoms with Gasteiger partial charge in [0.05, 0.1) is 44.6 Å². The molecule has 0 saturated carbocycles. The SMILES string of the molecule is CCOC(CNC(=O)c1ccc2c(c1)ncn2-c1cc(OC)c(OC)c(OC)c1)OCC. The average molecular weight is 444 g/mol. The predicted molar refractivity (Wildman–Crippen MR) is 120 cm³/mol. The first kappa shape index (κ1) is 23.4. The van der Waals surface area contributed by atoms with E-state index in [1.807, 2.05) is 36.6 Å². The molecule has 1 heterocycles. The number of benzene rings is 2. The third-order valence-electron chi connectivity index (χ3n) is 4.87. The highest BCUT2D eigenvalue weighted by molar-refractivity contribution is 5.97. The van der Waals surface area contributed by atoms with E-state index in [0.717, 1.165) is 11.2 Å². The third-order valence-corrected chi connectivity index (χ3v) is 4.87. The second kappa shape index (κ2) is 10.8. The van der Waals surface area contributed by atoms with E-state index in [0.29, 0.717) is 41.5 Å². The van der Waals surface area contributed by atoms with Gasteiger partial charge in [-0.3, -0.25) is 9.36 Å². The van der Waals surface area contributed by atoms with Crippen LogP contribution < -0.4 is 19.5 Å². The van der Waals surface area contributed by atoms with Gasteiger partial charge < -0.3 is 29.0 Å². The van der Waals surface area contributed by atoms with Gasteiger partial charge in [0.25, 0.3) is 5.91 Å². The van der Waals surface area contributed by atoms with Crippen molar-refractivity contribution < 1.29 is 28.5 Å². The van der Waals surface area contributed by atoms with E-state index in [4.69, 9.17) is 23.7 Å². The van der Waals surface area contributed by atoms with Crippen LogP contribution in [0.4, 0.5) is 0 Å². The van der Waals surface area contributed by atoms with Crippen molar-refractivity contribution in [3.8, 4) is 22.9 Å². The summed E-state index contributed by atoms with van der Waals surface area (Å²) in [5.41, 5.74) is 2.80. The van der Waals surface area contributed by atoms with Gasteiger partial charge in [-0.25, -0.2) is 4.98 Å². The lowest BCUT2D eigenvalue weighted by molar-refractivity contribution is -0.131. The number of ether oxygens (including phenoxy) is 5. The molecule has 1 N–H and O–H groups in total. The molecule has 0 unspecified atom stereocenters. The molecule has 0 fully saturated rings. The summed E-state index contributed by atoms with van der Waals surface area (Å²) >= 11 is 0. The molecule has 2 aromatic carbocycles. The monoisotopic (exact) mass is 443 g/mol. The maximum atomic E-state index is 12.6. The van der Waals surface area contributed by atoms with Crippen LogP contribution in [0.5, 0.6) is 17.2 Å². The number of nitrogens with zero attached hydrogens (tertiary/aromatic N) is 2. The molecule has 0 aliphatic carbocycles. The van der Waals surface area contributed by atoms with Crippen LogP contribution in [0.2, 0.25) is 0 Å². The van der Waals surface area contributed by atoms with E-state index in [1.165, 1.54) is 0 Å². The highest BCUT2D eigenvalue weighted by Crippen LogP contribution is 2.39. The number of aromatic nitrogens is 2. The van der Waals surface area contributed by atoms with Crippen LogP contribution in [0.3, 0.4) is 0 Å². The highest BCUT2D eigenvalue weighted by Gasteiger charge is 2.17. The molecule has 3 rings (SSSR count). The van der Waals surface area contributed by atoms with Crippen LogP contribution in [-0.2, 0) is 9.47 Å². The van der Waals surface area contributed by atoms with Crippen LogP contribution in [0.25, 0.3) is 16.7 Å². The van der Waals surface area contributed by atoms with E-state index in [9.17, 15) is 4.79 Å². The van der Waals surface area contributed by atoms with Gasteiger partial charge in [0.15, 0.2) is 17.8 Å². The quantitative estimate of drug-likeness (QED) is 0.455. The van der Waals surface area contributed by atoms with Crippen LogP contribution in [0, 0.1) is 0 Å². The van der Waals surface area contributed by atoms with Gasteiger partial charge in [0.2, 0.25) is 5.75 Å². The van der Waals surface area contributed by atoms with Crippen LogP contribution >= 0.6 is 0 Å². The Kier molecular flexibility index (Phi) is 7.91. The maximum absolute atomic E-state index is 12.6. The number of rotatable bonds is 11. The summed E-state index contributed by atoms with van der Waals surface area (Å²) in [5.74, 6) is 1.37. The first-order chi connectivity index (χ1) is 15.6. The number of carbonyl (C=O) groups excluding carboxylic acids is 1. The molecule has 9 nitrogen and oxygen atoms in total. The van der Waals surface area contributed by atoms with E-state index >= 15 is 0 Å². The lowest BCUT2D eigenvalue weighted by atomic mass is 10.1. The van der Waals surface area contributed by atoms with Crippen molar-refractivity contribution in [3.05, 3.63) is 42.2 Å². The topological polar surface area (TPSA) is 93.1 Å². The summed E-state index contributed by atoms with van der Waals surface area (Å²) in [6.45, 7) is 5.03. The Morgan fingerprint density at radius 1 is 1.00 bits per heavy atom. The van der Waals surface area contributed by atoms with Crippen LogP contribution in [0.15, 0.2) is 36.7 Å². The fourth-order valence-electron chi connectivity index (χ4n) is 3.38. The lowest BCUT2D eigenvalue weighted by Gasteiger charge is -2.17. The van der Waals surface area contributed by atoms with Crippen molar-refractivity contribution >= 4 is 16.9 Å². The molecule has 1 amide bonds. The predicted octanol–water partition coefficient (Wildman–Crippen LogP) is 3.18. The summed E-state index contributed by atoms with van der Waals surface area (Å²) in [5, 5.41) is 2.84. The second-order valence-electron chi connectivity index (χ2n) is 6.75. The molecule has 9 heteroatoms. The third kappa shape index (κ3) is 4.95. The van der Waals surface area contributed by atoms with Gasteiger partial charge in [0, 0.05) is 30.9 Å². The van der Waals surface area contributed by atoms with Crippen molar-refractivity contribution in [2.24, 2.45) is 0 Å². The van der Waals surface area contributed by atoms with Gasteiger partial charge >= 0.3 is 0 Å². The fraction of sp³-hybridized carbons (Fsp3) is 0.391. The van der Waals surface area contributed by atoms with Crippen molar-refractivity contribution in [2.75, 3.05) is 41.1 Å². The molecule has 0 atom stereocenters. The zero-order valence-corrected chi connectivity index (χ0v) is 19.0. The molecule has 0 saturated heterocycles. The minimum atomic E-state index is -0.475. The summed E-state index contributed by atoms with van der Waals surface area (Å²) in [6.07, 6.45) is 1.21. The number of methoxy groups -OCH3 is 3. The summed E-state index contributed by atoms with van der Waals surface area (Å²) in [7, 11) is 4.70. The molecule has 0 bridgehead atoms. The van der Waals surface area contributed by atoms with Gasteiger partial charge in [0.1, 0.15) is 6.33 Å². The zero-order valence-electron chi connectivity index (χ0n) is 19.0. The number of amides is 1. The standard InChI is InChI=1S/C23H29N3O6/c1-6-31-21(32-7-2)13-24-23(27)15-8-9-18-17(10-15)25-14-26(18)16-11-19(28-3)22(30-5)20(12-16)29-4/h8-12,14,21H,6-7,13H2,1-5H3,(H,24,27). The normalized spacial score (nSPS) is 11.1. The Morgan fingerprint density at radius 3 is 2.22 bits per heavy atom. The number of carbonyl (C=O) groups is 1. The largest absolute Gasteiger partial charge is 0.493 e. The molecule has 0 radical (unpaired) electrons. The van der Waals surface area contributed by atoms with E-state index in [2.05, 4.69) is 10.3 Å². The molecular weight excluding hydrogens is 414 g/mol. The molecule has 0 spiro atoms. The molecule has 32 heavy (non-hydrogen) atoms. The van der Waals surface area contributed by atoms with Gasteiger partial charge in [-0.1, -0.05) is 0 Å². The summed E-state index contributed by atoms with van der Waals surface area (Å²) in [4.78, 5) is 17.1. The Bertz CT molecular complexity index is 1030. The first-order valence-corrected chi connectivity index (χ1v) is 10.3. The average Bonchev–Trinajstić information content (AvgIpc) is 3.24. The van der Waals surface area contributed by atoms with E-state index < -0.39 is 6.29 Å². The van der Waals surface area contributed by atoms with Gasteiger partial charge in [-0.15, -0.1) is 0 Å². The zero-order chi connectivity index (χ0) is 23.1. The Hall–Kier alpha value is -3.30. The smallest absolute Gasteiger partial charge is 0.251 e. The molecule has 3 aromatic rings. The van der Waals surface area contributed by atoms with Crippen LogP contribution in [0.1, 0.15) is 24.2 Å². The first-order valence-electron chi connectivity index (χ1n) is 10.3. The Labute approximate surface area is 187 Å². The fourth-order valence-corrected chi connectivity index (χ4v) is 3.38. The molecule has 0 aliphatic rings. The number of hydrogen-bond acceptors (Lipinski definition) is 7. The van der Waals surface area contributed by atoms with Crippen LogP contribution in [-0.4, -0.2) is 62.8 Å². The number of imidazole rings is 1.